The van der Waals surface area contributed by atoms with Crippen LogP contribution < -0.4 is 10.1 Å². The van der Waals surface area contributed by atoms with Gasteiger partial charge < -0.3 is 10.1 Å². The van der Waals surface area contributed by atoms with Crippen LogP contribution in [-0.2, 0) is 11.3 Å². The van der Waals surface area contributed by atoms with E-state index in [2.05, 4.69) is 5.32 Å². The Balaban J connectivity index is 2.08. The number of nitrogens with zero attached hydrogens (tertiary/aromatic N) is 1. The largest absolute Gasteiger partial charge is 0.496 e. The lowest BCUT2D eigenvalue weighted by atomic mass is 10.0. The number of carbonyl (C=O) groups is 1. The number of alkyl halides is 3. The van der Waals surface area contributed by atoms with Crippen molar-refractivity contribution in [3.63, 3.8) is 0 Å². The zero-order valence-electron chi connectivity index (χ0n) is 13.8. The maximum Gasteiger partial charge on any atom is 0.408 e. The van der Waals surface area contributed by atoms with Crippen molar-refractivity contribution < 1.29 is 22.7 Å². The monoisotopic (exact) mass is 384 g/mol. The molecule has 138 valence electrons. The summed E-state index contributed by atoms with van der Waals surface area (Å²) in [4.78, 5) is 13.3. The number of para-hydroxylation sites is 1. The number of rotatable bonds is 3. The number of anilines is 1. The van der Waals surface area contributed by atoms with Crippen molar-refractivity contribution in [3.05, 3.63) is 58.6 Å². The first-order valence-electron chi connectivity index (χ1n) is 7.81. The highest BCUT2D eigenvalue weighted by Gasteiger charge is 2.47. The van der Waals surface area contributed by atoms with Crippen molar-refractivity contribution in [1.82, 2.24) is 4.90 Å². The number of hydrogen-bond acceptors (Lipinski definition) is 3. The fraction of sp³-hybridized carbons (Fsp3) is 0.278. The number of methoxy groups -OCH3 is 1. The topological polar surface area (TPSA) is 41.6 Å². The van der Waals surface area contributed by atoms with Gasteiger partial charge in [-0.1, -0.05) is 29.8 Å². The number of halogens is 4. The molecular formula is C18H16ClF3N2O2. The molecule has 1 unspecified atom stereocenters. The van der Waals surface area contributed by atoms with E-state index in [0.717, 1.165) is 4.90 Å². The van der Waals surface area contributed by atoms with Gasteiger partial charge in [-0.15, -0.1) is 0 Å². The molecule has 3 rings (SSSR count). The zero-order chi connectivity index (χ0) is 18.9. The van der Waals surface area contributed by atoms with Crippen molar-refractivity contribution in [1.29, 1.82) is 0 Å². The number of amides is 1. The lowest BCUT2D eigenvalue weighted by Gasteiger charge is -2.31. The van der Waals surface area contributed by atoms with E-state index in [0.29, 0.717) is 11.3 Å². The quantitative estimate of drug-likeness (QED) is 0.852. The highest BCUT2D eigenvalue weighted by Crippen LogP contribution is 2.43. The first-order chi connectivity index (χ1) is 12.3. The second-order valence-electron chi connectivity index (χ2n) is 5.94. The number of ether oxygens (including phenoxy) is 1. The molecule has 0 spiro atoms. The zero-order valence-corrected chi connectivity index (χ0v) is 14.6. The Bertz CT molecular complexity index is 826. The fourth-order valence-corrected chi connectivity index (χ4v) is 3.30. The molecule has 0 saturated heterocycles. The van der Waals surface area contributed by atoms with Gasteiger partial charge in [0.25, 0.3) is 0 Å². The first kappa shape index (κ1) is 18.5. The summed E-state index contributed by atoms with van der Waals surface area (Å²) in [5.74, 6) is -0.0559. The van der Waals surface area contributed by atoms with Gasteiger partial charge in [0.15, 0.2) is 0 Å². The van der Waals surface area contributed by atoms with Gasteiger partial charge >= 0.3 is 6.18 Å². The molecule has 0 radical (unpaired) electrons. The molecule has 0 saturated carbocycles. The molecule has 0 aromatic heterocycles. The van der Waals surface area contributed by atoms with Crippen LogP contribution in [0.15, 0.2) is 42.5 Å². The molecule has 8 heteroatoms. The number of fused-ring (bicyclic) bond motifs is 1. The van der Waals surface area contributed by atoms with E-state index in [1.54, 1.807) is 24.3 Å². The third-order valence-corrected chi connectivity index (χ3v) is 4.41. The summed E-state index contributed by atoms with van der Waals surface area (Å²) >= 11 is 5.92. The Morgan fingerprint density at radius 1 is 1.27 bits per heavy atom. The van der Waals surface area contributed by atoms with E-state index < -0.39 is 24.7 Å². The van der Waals surface area contributed by atoms with Crippen molar-refractivity contribution in [3.8, 4) is 5.75 Å². The Morgan fingerprint density at radius 2 is 2.00 bits per heavy atom. The average Bonchev–Trinajstić information content (AvgIpc) is 2.70. The Kier molecular flexibility index (Phi) is 5.11. The number of benzene rings is 2. The van der Waals surface area contributed by atoms with Gasteiger partial charge in [-0.05, 0) is 24.3 Å². The van der Waals surface area contributed by atoms with Crippen molar-refractivity contribution in [2.24, 2.45) is 0 Å². The third-order valence-electron chi connectivity index (χ3n) is 4.17. The molecule has 26 heavy (non-hydrogen) atoms. The standard InChI is InChI=1S/C18H16ClF3N2O2/c1-26-15-5-3-2-4-11(15)9-24-10-16(25)23-14-7-6-12(19)8-13(14)17(24)18(20,21)22/h2-8,17H,9-10H2,1H3,(H,23,25). The Labute approximate surface area is 153 Å². The van der Waals surface area contributed by atoms with Crippen LogP contribution >= 0.6 is 11.6 Å². The van der Waals surface area contributed by atoms with E-state index >= 15 is 0 Å². The summed E-state index contributed by atoms with van der Waals surface area (Å²) in [5.41, 5.74) is 0.595. The second kappa shape index (κ2) is 7.17. The minimum atomic E-state index is -4.59. The van der Waals surface area contributed by atoms with Gasteiger partial charge in [0.05, 0.1) is 13.7 Å². The molecule has 4 nitrogen and oxygen atoms in total. The molecule has 2 aromatic carbocycles. The van der Waals surface area contributed by atoms with Gasteiger partial charge in [-0.3, -0.25) is 9.69 Å². The van der Waals surface area contributed by atoms with Crippen LogP contribution in [0.4, 0.5) is 18.9 Å². The van der Waals surface area contributed by atoms with Crippen LogP contribution in [-0.4, -0.2) is 30.6 Å². The van der Waals surface area contributed by atoms with E-state index in [9.17, 15) is 18.0 Å². The normalized spacial score (nSPS) is 18.0. The second-order valence-corrected chi connectivity index (χ2v) is 6.38. The minimum absolute atomic E-state index is 0.0780. The number of carbonyl (C=O) groups excluding carboxylic acids is 1. The number of hydrogen-bond donors (Lipinski definition) is 1. The van der Waals surface area contributed by atoms with E-state index in [1.165, 1.54) is 25.3 Å². The summed E-state index contributed by atoms with van der Waals surface area (Å²) in [6, 6.07) is 8.90. The summed E-state index contributed by atoms with van der Waals surface area (Å²) in [7, 11) is 1.45. The SMILES string of the molecule is COc1ccccc1CN1CC(=O)Nc2ccc(Cl)cc2C1C(F)(F)F. The van der Waals surface area contributed by atoms with Crippen molar-refractivity contribution in [2.75, 3.05) is 19.0 Å². The molecular weight excluding hydrogens is 369 g/mol. The van der Waals surface area contributed by atoms with Crippen molar-refractivity contribution in [2.45, 2.75) is 18.8 Å². The highest BCUT2D eigenvalue weighted by molar-refractivity contribution is 6.30. The predicted octanol–water partition coefficient (Wildman–Crippen LogP) is 4.41. The minimum Gasteiger partial charge on any atom is -0.496 e. The Morgan fingerprint density at radius 3 is 2.69 bits per heavy atom. The molecule has 1 heterocycles. The van der Waals surface area contributed by atoms with Gasteiger partial charge in [-0.25, -0.2) is 0 Å². The van der Waals surface area contributed by atoms with Crippen LogP contribution in [0.5, 0.6) is 5.75 Å². The summed E-state index contributed by atoms with van der Waals surface area (Å²) in [6.07, 6.45) is -4.59. The van der Waals surface area contributed by atoms with Gasteiger partial charge in [0.2, 0.25) is 5.91 Å². The maximum absolute atomic E-state index is 13.9. The first-order valence-corrected chi connectivity index (χ1v) is 8.19. The molecule has 1 atom stereocenters. The summed E-state index contributed by atoms with van der Waals surface area (Å²) < 4.78 is 47.0. The van der Waals surface area contributed by atoms with Gasteiger partial charge in [0.1, 0.15) is 11.8 Å². The maximum atomic E-state index is 13.9. The van der Waals surface area contributed by atoms with Gasteiger partial charge in [-0.2, -0.15) is 13.2 Å². The van der Waals surface area contributed by atoms with E-state index in [4.69, 9.17) is 16.3 Å². The fourth-order valence-electron chi connectivity index (χ4n) is 3.12. The highest BCUT2D eigenvalue weighted by atomic mass is 35.5. The molecule has 0 fully saturated rings. The molecule has 0 bridgehead atoms. The molecule has 1 aliphatic heterocycles. The molecule has 1 N–H and O–H groups in total. The number of nitrogens with one attached hydrogen (secondary N) is 1. The Hall–Kier alpha value is -2.25. The average molecular weight is 385 g/mol. The summed E-state index contributed by atoms with van der Waals surface area (Å²) in [6.45, 7) is -0.512. The van der Waals surface area contributed by atoms with Crippen LogP contribution in [0, 0.1) is 0 Å². The van der Waals surface area contributed by atoms with Crippen LogP contribution in [0.2, 0.25) is 5.02 Å². The smallest absolute Gasteiger partial charge is 0.408 e. The predicted molar refractivity (Wildman–Crippen MR) is 92.3 cm³/mol. The molecule has 0 aliphatic carbocycles. The van der Waals surface area contributed by atoms with Crippen LogP contribution in [0.1, 0.15) is 17.2 Å². The van der Waals surface area contributed by atoms with Crippen molar-refractivity contribution >= 4 is 23.2 Å². The lowest BCUT2D eigenvalue weighted by Crippen LogP contribution is -2.40. The molecule has 1 aliphatic rings. The van der Waals surface area contributed by atoms with Crippen LogP contribution in [0.25, 0.3) is 0 Å². The van der Waals surface area contributed by atoms with Crippen LogP contribution in [0.3, 0.4) is 0 Å². The lowest BCUT2D eigenvalue weighted by molar-refractivity contribution is -0.187. The van der Waals surface area contributed by atoms with E-state index in [-0.39, 0.29) is 22.8 Å². The third kappa shape index (κ3) is 3.78. The summed E-state index contributed by atoms with van der Waals surface area (Å²) in [5, 5.41) is 2.70. The van der Waals surface area contributed by atoms with E-state index in [1.807, 2.05) is 0 Å². The molecule has 1 amide bonds. The molecule has 2 aromatic rings. The van der Waals surface area contributed by atoms with Gasteiger partial charge in [0, 0.05) is 28.4 Å².